The molecular formula is C12H14FN3O. The van der Waals surface area contributed by atoms with Gasteiger partial charge in [-0.2, -0.15) is 5.26 Å². The number of carbonyl (C=O) groups is 1. The van der Waals surface area contributed by atoms with E-state index in [1.54, 1.807) is 0 Å². The molecule has 0 fully saturated rings. The SMILES string of the molecule is CCC(CC#N)NC(=O)c1ccc(N)cc1F. The van der Waals surface area contributed by atoms with Crippen LogP contribution in [0.1, 0.15) is 30.1 Å². The van der Waals surface area contributed by atoms with E-state index in [9.17, 15) is 9.18 Å². The van der Waals surface area contributed by atoms with Crippen molar-refractivity contribution in [1.29, 1.82) is 5.26 Å². The van der Waals surface area contributed by atoms with Crippen LogP contribution in [0, 0.1) is 17.1 Å². The molecule has 1 amide bonds. The Morgan fingerprint density at radius 2 is 2.35 bits per heavy atom. The molecule has 1 atom stereocenters. The van der Waals surface area contributed by atoms with Gasteiger partial charge in [-0.15, -0.1) is 0 Å². The van der Waals surface area contributed by atoms with E-state index in [0.29, 0.717) is 6.42 Å². The van der Waals surface area contributed by atoms with E-state index in [4.69, 9.17) is 11.0 Å². The van der Waals surface area contributed by atoms with E-state index in [0.717, 1.165) is 6.07 Å². The zero-order chi connectivity index (χ0) is 12.8. The van der Waals surface area contributed by atoms with E-state index in [2.05, 4.69) is 5.32 Å². The summed E-state index contributed by atoms with van der Waals surface area (Å²) in [6.45, 7) is 1.85. The maximum atomic E-state index is 13.4. The lowest BCUT2D eigenvalue weighted by atomic mass is 10.1. The van der Waals surface area contributed by atoms with Crippen LogP contribution in [-0.4, -0.2) is 11.9 Å². The summed E-state index contributed by atoms with van der Waals surface area (Å²) >= 11 is 0. The van der Waals surface area contributed by atoms with Gasteiger partial charge in [-0.25, -0.2) is 4.39 Å². The van der Waals surface area contributed by atoms with E-state index in [1.807, 2.05) is 13.0 Å². The molecule has 1 unspecified atom stereocenters. The Morgan fingerprint density at radius 1 is 1.65 bits per heavy atom. The first-order valence-corrected chi connectivity index (χ1v) is 5.31. The van der Waals surface area contributed by atoms with Gasteiger partial charge in [0.25, 0.3) is 5.91 Å². The van der Waals surface area contributed by atoms with Gasteiger partial charge in [0.05, 0.1) is 18.1 Å². The molecule has 0 saturated heterocycles. The third kappa shape index (κ3) is 3.45. The van der Waals surface area contributed by atoms with Crippen LogP contribution < -0.4 is 11.1 Å². The maximum Gasteiger partial charge on any atom is 0.254 e. The summed E-state index contributed by atoms with van der Waals surface area (Å²) in [4.78, 5) is 11.7. The minimum absolute atomic E-state index is 0.0596. The van der Waals surface area contributed by atoms with E-state index < -0.39 is 11.7 Å². The molecule has 17 heavy (non-hydrogen) atoms. The largest absolute Gasteiger partial charge is 0.399 e. The number of halogens is 1. The highest BCUT2D eigenvalue weighted by Gasteiger charge is 2.15. The number of nitrogens with two attached hydrogens (primary N) is 1. The fourth-order valence-corrected chi connectivity index (χ4v) is 1.39. The van der Waals surface area contributed by atoms with Crippen LogP contribution in [-0.2, 0) is 0 Å². The third-order valence-corrected chi connectivity index (χ3v) is 2.40. The van der Waals surface area contributed by atoms with Crippen LogP contribution in [0.4, 0.5) is 10.1 Å². The molecule has 90 valence electrons. The van der Waals surface area contributed by atoms with Crippen molar-refractivity contribution in [2.45, 2.75) is 25.8 Å². The Bertz CT molecular complexity index is 454. The van der Waals surface area contributed by atoms with Crippen LogP contribution in [0.15, 0.2) is 18.2 Å². The van der Waals surface area contributed by atoms with Crippen molar-refractivity contribution in [1.82, 2.24) is 5.32 Å². The Kier molecular flexibility index (Phi) is 4.46. The van der Waals surface area contributed by atoms with Crippen LogP contribution in [0.5, 0.6) is 0 Å². The second-order valence-corrected chi connectivity index (χ2v) is 3.68. The number of amides is 1. The lowest BCUT2D eigenvalue weighted by molar-refractivity contribution is 0.0932. The van der Waals surface area contributed by atoms with Crippen LogP contribution in [0.3, 0.4) is 0 Å². The summed E-state index contributed by atoms with van der Waals surface area (Å²) in [6.07, 6.45) is 0.828. The van der Waals surface area contributed by atoms with Gasteiger partial charge in [0.2, 0.25) is 0 Å². The minimum atomic E-state index is -0.658. The van der Waals surface area contributed by atoms with Crippen molar-refractivity contribution in [3.63, 3.8) is 0 Å². The highest BCUT2D eigenvalue weighted by atomic mass is 19.1. The van der Waals surface area contributed by atoms with E-state index >= 15 is 0 Å². The second-order valence-electron chi connectivity index (χ2n) is 3.68. The monoisotopic (exact) mass is 235 g/mol. The Morgan fingerprint density at radius 3 is 2.88 bits per heavy atom. The highest BCUT2D eigenvalue weighted by molar-refractivity contribution is 5.95. The molecule has 3 N–H and O–H groups in total. The number of hydrogen-bond acceptors (Lipinski definition) is 3. The van der Waals surface area contributed by atoms with E-state index in [1.165, 1.54) is 12.1 Å². The molecule has 0 bridgehead atoms. The van der Waals surface area contributed by atoms with Crippen molar-refractivity contribution in [3.05, 3.63) is 29.6 Å². The molecule has 0 radical (unpaired) electrons. The third-order valence-electron chi connectivity index (χ3n) is 2.40. The Labute approximate surface area is 99.2 Å². The number of nitriles is 1. The van der Waals surface area contributed by atoms with Gasteiger partial charge in [0.15, 0.2) is 0 Å². The first kappa shape index (κ1) is 13.0. The van der Waals surface area contributed by atoms with E-state index in [-0.39, 0.29) is 23.7 Å². The molecule has 4 nitrogen and oxygen atoms in total. The standard InChI is InChI=1S/C12H14FN3O/c1-2-9(5-6-14)16-12(17)10-4-3-8(15)7-11(10)13/h3-4,7,9H,2,5,15H2,1H3,(H,16,17). The summed E-state index contributed by atoms with van der Waals surface area (Å²) in [5, 5.41) is 11.2. The van der Waals surface area contributed by atoms with Crippen molar-refractivity contribution < 1.29 is 9.18 Å². The molecule has 0 aromatic heterocycles. The normalized spacial score (nSPS) is 11.6. The number of nitrogens with zero attached hydrogens (tertiary/aromatic N) is 1. The summed E-state index contributed by atoms with van der Waals surface area (Å²) < 4.78 is 13.4. The molecule has 1 aromatic rings. The molecular weight excluding hydrogens is 221 g/mol. The lowest BCUT2D eigenvalue weighted by Gasteiger charge is -2.13. The van der Waals surface area contributed by atoms with Gasteiger partial charge < -0.3 is 11.1 Å². The predicted molar refractivity (Wildman–Crippen MR) is 62.6 cm³/mol. The average molecular weight is 235 g/mol. The van der Waals surface area contributed by atoms with Crippen LogP contribution >= 0.6 is 0 Å². The quantitative estimate of drug-likeness (QED) is 0.781. The van der Waals surface area contributed by atoms with Crippen molar-refractivity contribution >= 4 is 11.6 Å². The molecule has 0 aliphatic carbocycles. The number of benzene rings is 1. The Balaban J connectivity index is 2.79. The number of rotatable bonds is 4. The topological polar surface area (TPSA) is 78.9 Å². The summed E-state index contributed by atoms with van der Waals surface area (Å²) in [7, 11) is 0. The average Bonchev–Trinajstić information content (AvgIpc) is 2.28. The number of carbonyl (C=O) groups excluding carboxylic acids is 1. The van der Waals surface area contributed by atoms with Gasteiger partial charge in [-0.05, 0) is 24.6 Å². The van der Waals surface area contributed by atoms with Gasteiger partial charge in [0, 0.05) is 11.7 Å². The second kappa shape index (κ2) is 5.85. The Hall–Kier alpha value is -2.09. The zero-order valence-electron chi connectivity index (χ0n) is 9.53. The molecule has 0 aliphatic rings. The van der Waals surface area contributed by atoms with Gasteiger partial charge >= 0.3 is 0 Å². The number of hydrogen-bond donors (Lipinski definition) is 2. The van der Waals surface area contributed by atoms with Gasteiger partial charge in [0.1, 0.15) is 5.82 Å². The molecule has 0 heterocycles. The zero-order valence-corrected chi connectivity index (χ0v) is 9.53. The molecule has 5 heteroatoms. The maximum absolute atomic E-state index is 13.4. The molecule has 0 saturated carbocycles. The molecule has 0 aliphatic heterocycles. The highest BCUT2D eigenvalue weighted by Crippen LogP contribution is 2.12. The number of anilines is 1. The van der Waals surface area contributed by atoms with Crippen LogP contribution in [0.2, 0.25) is 0 Å². The fourth-order valence-electron chi connectivity index (χ4n) is 1.39. The molecule has 0 spiro atoms. The first-order chi connectivity index (χ1) is 8.08. The summed E-state index contributed by atoms with van der Waals surface area (Å²) in [5.74, 6) is -1.18. The number of nitrogens with one attached hydrogen (secondary N) is 1. The fraction of sp³-hybridized carbons (Fsp3) is 0.333. The lowest BCUT2D eigenvalue weighted by Crippen LogP contribution is -2.34. The van der Waals surface area contributed by atoms with Crippen molar-refractivity contribution in [2.24, 2.45) is 0 Å². The van der Waals surface area contributed by atoms with Gasteiger partial charge in [-0.3, -0.25) is 4.79 Å². The summed E-state index contributed by atoms with van der Waals surface area (Å²) in [5.41, 5.74) is 5.60. The molecule has 1 aromatic carbocycles. The number of nitrogen functional groups attached to an aromatic ring is 1. The summed E-state index contributed by atoms with van der Waals surface area (Å²) in [6, 6.07) is 5.60. The van der Waals surface area contributed by atoms with Gasteiger partial charge in [-0.1, -0.05) is 6.92 Å². The predicted octanol–water partition coefficient (Wildman–Crippen LogP) is 1.83. The first-order valence-electron chi connectivity index (χ1n) is 5.31. The smallest absolute Gasteiger partial charge is 0.254 e. The molecule has 1 rings (SSSR count). The van der Waals surface area contributed by atoms with Crippen molar-refractivity contribution in [2.75, 3.05) is 5.73 Å². The van der Waals surface area contributed by atoms with Crippen LogP contribution in [0.25, 0.3) is 0 Å². The minimum Gasteiger partial charge on any atom is -0.399 e. The van der Waals surface area contributed by atoms with Crippen molar-refractivity contribution in [3.8, 4) is 6.07 Å².